The molecule has 0 aromatic rings. The summed E-state index contributed by atoms with van der Waals surface area (Å²) in [7, 11) is 0. The predicted molar refractivity (Wildman–Crippen MR) is 83.9 cm³/mol. The summed E-state index contributed by atoms with van der Waals surface area (Å²) in [5.74, 6) is 0. The van der Waals surface area contributed by atoms with E-state index in [-0.39, 0.29) is 13.2 Å². The van der Waals surface area contributed by atoms with Gasteiger partial charge in [0.2, 0.25) is 0 Å². The Labute approximate surface area is 125 Å². The van der Waals surface area contributed by atoms with Crippen LogP contribution in [0.5, 0.6) is 0 Å². The van der Waals surface area contributed by atoms with E-state index in [0.717, 1.165) is 32.3 Å². The molecule has 0 aliphatic carbocycles. The Hall–Kier alpha value is -0.160. The third kappa shape index (κ3) is 23.0. The normalized spacial score (nSPS) is 11.8. The molecule has 0 saturated heterocycles. The molecule has 0 bridgehead atoms. The van der Waals surface area contributed by atoms with Gasteiger partial charge in [0.05, 0.1) is 25.9 Å². The molecule has 0 fully saturated rings. The van der Waals surface area contributed by atoms with Crippen LogP contribution in [0.15, 0.2) is 0 Å². The van der Waals surface area contributed by atoms with Crippen LogP contribution in [-0.2, 0) is 4.74 Å². The molecule has 0 aliphatic rings. The van der Waals surface area contributed by atoms with Crippen molar-refractivity contribution < 1.29 is 20.1 Å². The Kier molecular flexibility index (Phi) is 23.4. The van der Waals surface area contributed by atoms with Crippen molar-refractivity contribution in [3.63, 3.8) is 0 Å². The number of unbranched alkanes of at least 4 members (excludes halogenated alkanes) is 6. The van der Waals surface area contributed by atoms with E-state index in [0.29, 0.717) is 6.61 Å². The lowest BCUT2D eigenvalue weighted by molar-refractivity contribution is 0.0865. The molecular weight excluding hydrogens is 256 g/mol. The van der Waals surface area contributed by atoms with Crippen LogP contribution in [0.2, 0.25) is 0 Å². The van der Waals surface area contributed by atoms with Crippen LogP contribution in [0.3, 0.4) is 0 Å². The number of aliphatic hydroxyl groups is 3. The average molecular weight is 292 g/mol. The SMILES string of the molecule is CCCCC(O)CO.CCCCCCCCOCCO. The molecule has 0 radical (unpaired) electrons. The second kappa shape index (κ2) is 21.1. The Balaban J connectivity index is 0. The third-order valence-corrected chi connectivity index (χ3v) is 2.98. The molecule has 0 aromatic heterocycles. The highest BCUT2D eigenvalue weighted by molar-refractivity contribution is 4.50. The highest BCUT2D eigenvalue weighted by Crippen LogP contribution is 2.04. The van der Waals surface area contributed by atoms with E-state index in [1.807, 2.05) is 0 Å². The Morgan fingerprint density at radius 3 is 1.95 bits per heavy atom. The molecule has 20 heavy (non-hydrogen) atoms. The summed E-state index contributed by atoms with van der Waals surface area (Å²) in [6.07, 6.45) is 10.1. The molecule has 1 unspecified atom stereocenters. The first-order valence-electron chi connectivity index (χ1n) is 8.20. The highest BCUT2D eigenvalue weighted by Gasteiger charge is 1.97. The van der Waals surface area contributed by atoms with Gasteiger partial charge in [0, 0.05) is 6.61 Å². The summed E-state index contributed by atoms with van der Waals surface area (Å²) in [5.41, 5.74) is 0. The van der Waals surface area contributed by atoms with E-state index in [2.05, 4.69) is 13.8 Å². The van der Waals surface area contributed by atoms with Gasteiger partial charge in [0.1, 0.15) is 0 Å². The molecule has 0 spiro atoms. The monoisotopic (exact) mass is 292 g/mol. The van der Waals surface area contributed by atoms with Crippen molar-refractivity contribution in [3.05, 3.63) is 0 Å². The molecule has 0 aromatic carbocycles. The number of aliphatic hydroxyl groups excluding tert-OH is 3. The second-order valence-electron chi connectivity index (χ2n) is 5.08. The van der Waals surface area contributed by atoms with Gasteiger partial charge >= 0.3 is 0 Å². The van der Waals surface area contributed by atoms with E-state index in [1.165, 1.54) is 32.1 Å². The van der Waals surface area contributed by atoms with E-state index in [1.54, 1.807) is 0 Å². The zero-order chi connectivity index (χ0) is 15.5. The smallest absolute Gasteiger partial charge is 0.0770 e. The summed E-state index contributed by atoms with van der Waals surface area (Å²) in [4.78, 5) is 0. The number of hydrogen-bond donors (Lipinski definition) is 3. The lowest BCUT2D eigenvalue weighted by Gasteiger charge is -2.02. The molecule has 0 aliphatic heterocycles. The van der Waals surface area contributed by atoms with Gasteiger partial charge in [0.25, 0.3) is 0 Å². The molecule has 4 heteroatoms. The van der Waals surface area contributed by atoms with Crippen LogP contribution in [-0.4, -0.2) is 47.9 Å². The predicted octanol–water partition coefficient (Wildman–Crippen LogP) is 2.89. The van der Waals surface area contributed by atoms with Crippen molar-refractivity contribution in [3.8, 4) is 0 Å². The summed E-state index contributed by atoms with van der Waals surface area (Å²) >= 11 is 0. The molecule has 0 heterocycles. The van der Waals surface area contributed by atoms with Gasteiger partial charge in [-0.05, 0) is 12.8 Å². The van der Waals surface area contributed by atoms with Crippen molar-refractivity contribution in [2.45, 2.75) is 77.7 Å². The Bertz CT molecular complexity index is 143. The Morgan fingerprint density at radius 2 is 1.40 bits per heavy atom. The van der Waals surface area contributed by atoms with E-state index in [9.17, 15) is 0 Å². The zero-order valence-corrected chi connectivity index (χ0v) is 13.5. The first-order valence-corrected chi connectivity index (χ1v) is 8.20. The highest BCUT2D eigenvalue weighted by atomic mass is 16.5. The minimum atomic E-state index is -0.491. The van der Waals surface area contributed by atoms with Crippen LogP contribution in [0, 0.1) is 0 Å². The molecule has 0 amide bonds. The molecule has 1 atom stereocenters. The van der Waals surface area contributed by atoms with Gasteiger partial charge in [0.15, 0.2) is 0 Å². The summed E-state index contributed by atoms with van der Waals surface area (Å²) in [6, 6.07) is 0. The van der Waals surface area contributed by atoms with E-state index < -0.39 is 6.10 Å². The van der Waals surface area contributed by atoms with Crippen molar-refractivity contribution >= 4 is 0 Å². The molecular formula is C16H36O4. The summed E-state index contributed by atoms with van der Waals surface area (Å²) in [6.45, 7) is 5.64. The number of ether oxygens (including phenoxy) is 1. The summed E-state index contributed by atoms with van der Waals surface area (Å²) < 4.78 is 5.14. The number of rotatable bonds is 13. The van der Waals surface area contributed by atoms with Crippen LogP contribution in [0.25, 0.3) is 0 Å². The van der Waals surface area contributed by atoms with Crippen LogP contribution in [0.4, 0.5) is 0 Å². The van der Waals surface area contributed by atoms with Gasteiger partial charge in [-0.1, -0.05) is 58.8 Å². The van der Waals surface area contributed by atoms with Gasteiger partial charge in [-0.2, -0.15) is 0 Å². The second-order valence-corrected chi connectivity index (χ2v) is 5.08. The fourth-order valence-corrected chi connectivity index (χ4v) is 1.68. The van der Waals surface area contributed by atoms with Crippen molar-refractivity contribution in [1.82, 2.24) is 0 Å². The van der Waals surface area contributed by atoms with Crippen LogP contribution < -0.4 is 0 Å². The minimum Gasteiger partial charge on any atom is -0.394 e. The van der Waals surface area contributed by atoms with Crippen molar-refractivity contribution in [2.75, 3.05) is 26.4 Å². The topological polar surface area (TPSA) is 69.9 Å². The van der Waals surface area contributed by atoms with E-state index >= 15 is 0 Å². The van der Waals surface area contributed by atoms with Gasteiger partial charge in [-0.25, -0.2) is 0 Å². The molecule has 3 N–H and O–H groups in total. The fraction of sp³-hybridized carbons (Fsp3) is 1.00. The quantitative estimate of drug-likeness (QED) is 0.457. The third-order valence-electron chi connectivity index (χ3n) is 2.98. The van der Waals surface area contributed by atoms with Crippen LogP contribution >= 0.6 is 0 Å². The maximum absolute atomic E-state index is 8.74. The van der Waals surface area contributed by atoms with Gasteiger partial charge < -0.3 is 20.1 Å². The Morgan fingerprint density at radius 1 is 0.800 bits per heavy atom. The molecule has 0 rings (SSSR count). The summed E-state index contributed by atoms with van der Waals surface area (Å²) in [5, 5.41) is 25.5. The molecule has 124 valence electrons. The molecule has 4 nitrogen and oxygen atoms in total. The fourth-order valence-electron chi connectivity index (χ4n) is 1.68. The maximum Gasteiger partial charge on any atom is 0.0770 e. The first-order chi connectivity index (χ1) is 9.72. The largest absolute Gasteiger partial charge is 0.394 e. The maximum atomic E-state index is 8.74. The molecule has 0 saturated carbocycles. The van der Waals surface area contributed by atoms with Gasteiger partial charge in [-0.15, -0.1) is 0 Å². The van der Waals surface area contributed by atoms with E-state index in [4.69, 9.17) is 20.1 Å². The van der Waals surface area contributed by atoms with Crippen molar-refractivity contribution in [2.24, 2.45) is 0 Å². The first kappa shape index (κ1) is 22.1. The van der Waals surface area contributed by atoms with Crippen LogP contribution in [0.1, 0.15) is 71.6 Å². The van der Waals surface area contributed by atoms with Crippen molar-refractivity contribution in [1.29, 1.82) is 0 Å². The average Bonchev–Trinajstić information content (AvgIpc) is 2.48. The standard InChI is InChI=1S/C10H22O2.C6H14O2/c1-2-3-4-5-6-7-9-12-10-8-11;1-2-3-4-6(8)5-7/h11H,2-10H2,1H3;6-8H,2-5H2,1H3. The number of hydrogen-bond acceptors (Lipinski definition) is 4. The zero-order valence-electron chi connectivity index (χ0n) is 13.5. The lowest BCUT2D eigenvalue weighted by Crippen LogP contribution is -2.10. The van der Waals surface area contributed by atoms with Gasteiger partial charge in [-0.3, -0.25) is 0 Å². The lowest BCUT2D eigenvalue weighted by atomic mass is 10.1. The minimum absolute atomic E-state index is 0.0972.